The van der Waals surface area contributed by atoms with Gasteiger partial charge in [0.15, 0.2) is 0 Å². The largest absolute Gasteiger partial charge is 0.492 e. The predicted octanol–water partition coefficient (Wildman–Crippen LogP) is 1.83. The van der Waals surface area contributed by atoms with Crippen LogP contribution in [0.15, 0.2) is 24.3 Å². The fourth-order valence-electron chi connectivity index (χ4n) is 1.41. The molecule has 0 fully saturated rings. The smallest absolute Gasteiger partial charge is 0.126 e. The third-order valence-electron chi connectivity index (χ3n) is 2.11. The van der Waals surface area contributed by atoms with E-state index >= 15 is 0 Å². The first-order valence-electron chi connectivity index (χ1n) is 5.37. The van der Waals surface area contributed by atoms with Gasteiger partial charge in [-0.1, -0.05) is 13.0 Å². The summed E-state index contributed by atoms with van der Waals surface area (Å²) < 4.78 is 23.4. The number of benzene rings is 1. The van der Waals surface area contributed by atoms with Crippen LogP contribution in [0.2, 0.25) is 0 Å². The summed E-state index contributed by atoms with van der Waals surface area (Å²) in [5, 5.41) is 3.22. The Morgan fingerprint density at radius 1 is 1.38 bits per heavy atom. The van der Waals surface area contributed by atoms with E-state index in [1.165, 1.54) is 12.1 Å². The van der Waals surface area contributed by atoms with Gasteiger partial charge >= 0.3 is 0 Å². The van der Waals surface area contributed by atoms with Crippen LogP contribution in [0, 0.1) is 5.82 Å². The highest BCUT2D eigenvalue weighted by atomic mass is 19.1. The molecule has 1 aromatic carbocycles. The van der Waals surface area contributed by atoms with Crippen molar-refractivity contribution in [2.45, 2.75) is 13.0 Å². The summed E-state index contributed by atoms with van der Waals surface area (Å²) in [6.07, 6.45) is 0. The van der Waals surface area contributed by atoms with E-state index in [0.29, 0.717) is 19.0 Å². The SMILES string of the molecule is CCNC(COC)COc1cccc(F)c1. The number of methoxy groups -OCH3 is 1. The second-order valence-electron chi connectivity index (χ2n) is 3.48. The van der Waals surface area contributed by atoms with Crippen molar-refractivity contribution in [3.63, 3.8) is 0 Å². The summed E-state index contributed by atoms with van der Waals surface area (Å²) in [7, 11) is 1.65. The molecule has 1 atom stereocenters. The summed E-state index contributed by atoms with van der Waals surface area (Å²) >= 11 is 0. The van der Waals surface area contributed by atoms with Crippen LogP contribution in [-0.4, -0.2) is 32.9 Å². The molecule has 4 heteroatoms. The molecule has 16 heavy (non-hydrogen) atoms. The molecule has 0 spiro atoms. The lowest BCUT2D eigenvalue weighted by Crippen LogP contribution is -2.38. The molecule has 1 unspecified atom stereocenters. The van der Waals surface area contributed by atoms with Gasteiger partial charge in [0.05, 0.1) is 12.6 Å². The van der Waals surface area contributed by atoms with Gasteiger partial charge in [-0.05, 0) is 18.7 Å². The van der Waals surface area contributed by atoms with Gasteiger partial charge in [-0.25, -0.2) is 4.39 Å². The zero-order chi connectivity index (χ0) is 11.8. The molecular formula is C12H18FNO2. The van der Waals surface area contributed by atoms with Crippen molar-refractivity contribution in [1.82, 2.24) is 5.32 Å². The minimum atomic E-state index is -0.288. The van der Waals surface area contributed by atoms with Crippen LogP contribution in [0.5, 0.6) is 5.75 Å². The molecule has 0 bridgehead atoms. The molecule has 0 amide bonds. The average molecular weight is 227 g/mol. The Labute approximate surface area is 95.6 Å². The van der Waals surface area contributed by atoms with Crippen molar-refractivity contribution in [2.24, 2.45) is 0 Å². The third-order valence-corrected chi connectivity index (χ3v) is 2.11. The Kier molecular flexibility index (Phi) is 5.82. The number of ether oxygens (including phenoxy) is 2. The Hall–Kier alpha value is -1.13. The molecule has 0 aliphatic heterocycles. The van der Waals surface area contributed by atoms with Gasteiger partial charge in [-0.15, -0.1) is 0 Å². The van der Waals surface area contributed by atoms with E-state index in [1.807, 2.05) is 6.92 Å². The Morgan fingerprint density at radius 3 is 2.81 bits per heavy atom. The first kappa shape index (κ1) is 12.9. The highest BCUT2D eigenvalue weighted by Crippen LogP contribution is 2.11. The first-order chi connectivity index (χ1) is 7.76. The summed E-state index contributed by atoms with van der Waals surface area (Å²) in [6, 6.07) is 6.25. The second kappa shape index (κ2) is 7.19. The maximum atomic E-state index is 12.9. The quantitative estimate of drug-likeness (QED) is 0.771. The van der Waals surface area contributed by atoms with Crippen molar-refractivity contribution in [2.75, 3.05) is 26.9 Å². The van der Waals surface area contributed by atoms with Gasteiger partial charge in [0.2, 0.25) is 0 Å². The minimum Gasteiger partial charge on any atom is -0.492 e. The Bertz CT molecular complexity index is 301. The van der Waals surface area contributed by atoms with Crippen LogP contribution in [0.3, 0.4) is 0 Å². The monoisotopic (exact) mass is 227 g/mol. The molecule has 90 valence electrons. The maximum Gasteiger partial charge on any atom is 0.126 e. The van der Waals surface area contributed by atoms with Gasteiger partial charge in [-0.2, -0.15) is 0 Å². The van der Waals surface area contributed by atoms with Crippen LogP contribution in [0.25, 0.3) is 0 Å². The van der Waals surface area contributed by atoms with Gasteiger partial charge in [0.25, 0.3) is 0 Å². The zero-order valence-electron chi connectivity index (χ0n) is 9.70. The molecule has 0 saturated carbocycles. The lowest BCUT2D eigenvalue weighted by Gasteiger charge is -2.17. The molecule has 0 aliphatic carbocycles. The van der Waals surface area contributed by atoms with Crippen LogP contribution < -0.4 is 10.1 Å². The van der Waals surface area contributed by atoms with E-state index in [0.717, 1.165) is 6.54 Å². The van der Waals surface area contributed by atoms with Crippen LogP contribution in [-0.2, 0) is 4.74 Å². The fraction of sp³-hybridized carbons (Fsp3) is 0.500. The van der Waals surface area contributed by atoms with Crippen molar-refractivity contribution in [3.05, 3.63) is 30.1 Å². The van der Waals surface area contributed by atoms with Crippen molar-refractivity contribution < 1.29 is 13.9 Å². The molecule has 0 heterocycles. The average Bonchev–Trinajstić information content (AvgIpc) is 2.27. The maximum absolute atomic E-state index is 12.9. The van der Waals surface area contributed by atoms with Gasteiger partial charge < -0.3 is 14.8 Å². The zero-order valence-corrected chi connectivity index (χ0v) is 9.70. The Morgan fingerprint density at radius 2 is 2.19 bits per heavy atom. The van der Waals surface area contributed by atoms with Crippen molar-refractivity contribution >= 4 is 0 Å². The number of likely N-dealkylation sites (N-methyl/N-ethyl adjacent to an activating group) is 1. The lowest BCUT2D eigenvalue weighted by atomic mass is 10.3. The topological polar surface area (TPSA) is 30.5 Å². The van der Waals surface area contributed by atoms with E-state index < -0.39 is 0 Å². The Balaban J connectivity index is 2.41. The molecule has 1 N–H and O–H groups in total. The highest BCUT2D eigenvalue weighted by Gasteiger charge is 2.07. The summed E-state index contributed by atoms with van der Waals surface area (Å²) in [5.41, 5.74) is 0. The molecule has 1 rings (SSSR count). The molecule has 0 aliphatic rings. The number of hydrogen-bond acceptors (Lipinski definition) is 3. The van der Waals surface area contributed by atoms with Crippen molar-refractivity contribution in [3.8, 4) is 5.75 Å². The van der Waals surface area contributed by atoms with E-state index in [2.05, 4.69) is 5.32 Å². The standard InChI is InChI=1S/C12H18FNO2/c1-3-14-11(8-15-2)9-16-12-6-4-5-10(13)7-12/h4-7,11,14H,3,8-9H2,1-2H3. The first-order valence-corrected chi connectivity index (χ1v) is 5.37. The van der Waals surface area contributed by atoms with Crippen molar-refractivity contribution in [1.29, 1.82) is 0 Å². The summed E-state index contributed by atoms with van der Waals surface area (Å²) in [4.78, 5) is 0. The van der Waals surface area contributed by atoms with Gasteiger partial charge in [-0.3, -0.25) is 0 Å². The lowest BCUT2D eigenvalue weighted by molar-refractivity contribution is 0.137. The fourth-order valence-corrected chi connectivity index (χ4v) is 1.41. The third kappa shape index (κ3) is 4.59. The predicted molar refractivity (Wildman–Crippen MR) is 61.2 cm³/mol. The molecule has 0 aromatic heterocycles. The highest BCUT2D eigenvalue weighted by molar-refractivity contribution is 5.22. The minimum absolute atomic E-state index is 0.123. The summed E-state index contributed by atoms with van der Waals surface area (Å²) in [5.74, 6) is 0.253. The number of halogens is 1. The van der Waals surface area contributed by atoms with E-state index in [9.17, 15) is 4.39 Å². The van der Waals surface area contributed by atoms with E-state index in [4.69, 9.17) is 9.47 Å². The van der Waals surface area contributed by atoms with Gasteiger partial charge in [0.1, 0.15) is 18.2 Å². The summed E-state index contributed by atoms with van der Waals surface area (Å²) in [6.45, 7) is 3.90. The normalized spacial score (nSPS) is 12.4. The van der Waals surface area contributed by atoms with Crippen LogP contribution in [0.1, 0.15) is 6.92 Å². The molecule has 3 nitrogen and oxygen atoms in total. The van der Waals surface area contributed by atoms with Crippen LogP contribution in [0.4, 0.5) is 4.39 Å². The van der Waals surface area contributed by atoms with E-state index in [-0.39, 0.29) is 11.9 Å². The molecule has 0 radical (unpaired) electrons. The number of rotatable bonds is 7. The van der Waals surface area contributed by atoms with Crippen LogP contribution >= 0.6 is 0 Å². The number of hydrogen-bond donors (Lipinski definition) is 1. The van der Waals surface area contributed by atoms with Gasteiger partial charge in [0, 0.05) is 13.2 Å². The molecule has 1 aromatic rings. The molecule has 0 saturated heterocycles. The number of nitrogens with one attached hydrogen (secondary N) is 1. The molecular weight excluding hydrogens is 209 g/mol. The van der Waals surface area contributed by atoms with E-state index in [1.54, 1.807) is 19.2 Å². The second-order valence-corrected chi connectivity index (χ2v) is 3.48.